The largest absolute Gasteiger partial charge is 0.347 e. The second-order valence-electron chi connectivity index (χ2n) is 6.61. The summed E-state index contributed by atoms with van der Waals surface area (Å²) in [5.41, 5.74) is 1.28. The van der Waals surface area contributed by atoms with Crippen LogP contribution in [0.15, 0.2) is 36.4 Å². The minimum atomic E-state index is -0.925. The molecule has 2 aromatic carbocycles. The molecule has 2 N–H and O–H groups in total. The molecule has 1 fully saturated rings. The highest BCUT2D eigenvalue weighted by molar-refractivity contribution is 5.96. The van der Waals surface area contributed by atoms with Crippen LogP contribution in [0.1, 0.15) is 33.8 Å². The third-order valence-electron chi connectivity index (χ3n) is 4.85. The van der Waals surface area contributed by atoms with Crippen molar-refractivity contribution in [3.8, 4) is 0 Å². The first kappa shape index (κ1) is 21.7. The molecule has 1 aliphatic rings. The molecule has 28 heavy (non-hydrogen) atoms. The third kappa shape index (κ3) is 4.63. The Hall–Kier alpha value is -2.58. The van der Waals surface area contributed by atoms with E-state index in [1.54, 1.807) is 6.92 Å². The molecule has 9 heteroatoms. The van der Waals surface area contributed by atoms with E-state index in [4.69, 9.17) is 0 Å². The van der Waals surface area contributed by atoms with Crippen LogP contribution in [-0.2, 0) is 0 Å². The minimum Gasteiger partial charge on any atom is -0.347 e. The zero-order valence-corrected chi connectivity index (χ0v) is 15.9. The summed E-state index contributed by atoms with van der Waals surface area (Å²) in [6.07, 6.45) is 0.643. The number of halogens is 3. The van der Waals surface area contributed by atoms with Gasteiger partial charge in [0.05, 0.1) is 4.92 Å². The van der Waals surface area contributed by atoms with Gasteiger partial charge in [0, 0.05) is 36.2 Å². The highest BCUT2D eigenvalue weighted by atomic mass is 35.5. The maximum atomic E-state index is 13.6. The van der Waals surface area contributed by atoms with Crippen LogP contribution < -0.4 is 10.6 Å². The topological polar surface area (TPSA) is 84.3 Å². The van der Waals surface area contributed by atoms with E-state index < -0.39 is 22.5 Å². The molecule has 0 aliphatic carbocycles. The average Bonchev–Trinajstić information content (AvgIpc) is 2.64. The number of amides is 1. The smallest absolute Gasteiger partial charge is 0.270 e. The molecule has 1 aliphatic heterocycles. The Morgan fingerprint density at radius 2 is 1.96 bits per heavy atom. The predicted molar refractivity (Wildman–Crippen MR) is 103 cm³/mol. The Morgan fingerprint density at radius 3 is 2.64 bits per heavy atom. The van der Waals surface area contributed by atoms with Crippen molar-refractivity contribution in [3.05, 3.63) is 74.8 Å². The van der Waals surface area contributed by atoms with Crippen LogP contribution in [0.5, 0.6) is 0 Å². The Balaban J connectivity index is 0.00000280. The number of nitrogens with one attached hydrogen (secondary N) is 2. The van der Waals surface area contributed by atoms with Crippen molar-refractivity contribution in [2.75, 3.05) is 13.1 Å². The van der Waals surface area contributed by atoms with Crippen LogP contribution in [0.3, 0.4) is 0 Å². The van der Waals surface area contributed by atoms with Gasteiger partial charge in [0.2, 0.25) is 0 Å². The van der Waals surface area contributed by atoms with Gasteiger partial charge in [0.1, 0.15) is 0 Å². The van der Waals surface area contributed by atoms with Gasteiger partial charge in [-0.3, -0.25) is 14.9 Å². The molecule has 0 saturated carbocycles. The average molecular weight is 412 g/mol. The van der Waals surface area contributed by atoms with Crippen LogP contribution in [-0.4, -0.2) is 30.0 Å². The van der Waals surface area contributed by atoms with Gasteiger partial charge < -0.3 is 10.6 Å². The van der Waals surface area contributed by atoms with Crippen LogP contribution in [0.2, 0.25) is 0 Å². The zero-order valence-electron chi connectivity index (χ0n) is 15.1. The van der Waals surface area contributed by atoms with Crippen LogP contribution in [0.25, 0.3) is 0 Å². The van der Waals surface area contributed by atoms with Crippen molar-refractivity contribution in [2.24, 2.45) is 0 Å². The number of nitrogens with zero attached hydrogens (tertiary/aromatic N) is 1. The number of carbonyl (C=O) groups excluding carboxylic acids is 1. The van der Waals surface area contributed by atoms with Crippen LogP contribution >= 0.6 is 12.4 Å². The maximum absolute atomic E-state index is 13.6. The molecule has 2 unspecified atom stereocenters. The van der Waals surface area contributed by atoms with E-state index in [2.05, 4.69) is 10.6 Å². The molecule has 0 radical (unpaired) electrons. The van der Waals surface area contributed by atoms with Gasteiger partial charge in [-0.2, -0.15) is 0 Å². The molecule has 0 bridgehead atoms. The van der Waals surface area contributed by atoms with Crippen molar-refractivity contribution in [1.29, 1.82) is 0 Å². The number of hydrogen-bond donors (Lipinski definition) is 2. The summed E-state index contributed by atoms with van der Waals surface area (Å²) < 4.78 is 26.8. The van der Waals surface area contributed by atoms with E-state index in [0.717, 1.165) is 12.1 Å². The van der Waals surface area contributed by atoms with Crippen molar-refractivity contribution < 1.29 is 18.5 Å². The minimum absolute atomic E-state index is 0. The SMILES string of the molecule is Cc1ccc([N+](=O)[O-])cc1C(=O)NC1CNCCC1c1ccc(F)c(F)c1.Cl. The standard InChI is InChI=1S/C19H19F2N3O3.ClH/c1-11-2-4-13(24(26)27)9-15(11)19(25)23-18-10-22-7-6-14(18)12-3-5-16(20)17(21)8-12;/h2-5,8-9,14,18,22H,6-7,10H2,1H3,(H,23,25);1H. The molecule has 0 aromatic heterocycles. The lowest BCUT2D eigenvalue weighted by Gasteiger charge is -2.33. The number of rotatable bonds is 4. The molecule has 3 rings (SSSR count). The van der Waals surface area contributed by atoms with E-state index in [-0.39, 0.29) is 35.6 Å². The highest BCUT2D eigenvalue weighted by Gasteiger charge is 2.29. The number of carbonyl (C=O) groups is 1. The number of nitro groups is 1. The Labute approximate surface area is 166 Å². The number of non-ortho nitro benzene ring substituents is 1. The lowest BCUT2D eigenvalue weighted by molar-refractivity contribution is -0.384. The molecular weight excluding hydrogens is 392 g/mol. The summed E-state index contributed by atoms with van der Waals surface area (Å²) in [6.45, 7) is 2.85. The maximum Gasteiger partial charge on any atom is 0.270 e. The second kappa shape index (κ2) is 9.07. The lowest BCUT2D eigenvalue weighted by atomic mass is 9.85. The first-order chi connectivity index (χ1) is 12.9. The molecule has 1 heterocycles. The third-order valence-corrected chi connectivity index (χ3v) is 4.85. The lowest BCUT2D eigenvalue weighted by Crippen LogP contribution is -2.50. The van der Waals surface area contributed by atoms with Gasteiger partial charge in [-0.25, -0.2) is 8.78 Å². The van der Waals surface area contributed by atoms with Crippen molar-refractivity contribution in [3.63, 3.8) is 0 Å². The van der Waals surface area contributed by atoms with Gasteiger partial charge in [-0.05, 0) is 43.1 Å². The molecule has 150 valence electrons. The van der Waals surface area contributed by atoms with E-state index in [0.29, 0.717) is 30.6 Å². The highest BCUT2D eigenvalue weighted by Crippen LogP contribution is 2.27. The Kier molecular flexibility index (Phi) is 7.04. The number of aryl methyl sites for hydroxylation is 1. The summed E-state index contributed by atoms with van der Waals surface area (Å²) in [5.74, 6) is -2.46. The van der Waals surface area contributed by atoms with Crippen LogP contribution in [0.4, 0.5) is 14.5 Å². The summed E-state index contributed by atoms with van der Waals surface area (Å²) in [6, 6.07) is 7.52. The summed E-state index contributed by atoms with van der Waals surface area (Å²) >= 11 is 0. The summed E-state index contributed by atoms with van der Waals surface area (Å²) in [7, 11) is 0. The number of piperidine rings is 1. The van der Waals surface area contributed by atoms with E-state index in [1.165, 1.54) is 24.3 Å². The van der Waals surface area contributed by atoms with Crippen molar-refractivity contribution in [1.82, 2.24) is 10.6 Å². The Bertz CT molecular complexity index is 895. The first-order valence-corrected chi connectivity index (χ1v) is 8.58. The fourth-order valence-corrected chi connectivity index (χ4v) is 3.37. The van der Waals surface area contributed by atoms with E-state index in [1.807, 2.05) is 0 Å². The summed E-state index contributed by atoms with van der Waals surface area (Å²) in [5, 5.41) is 17.0. The molecule has 1 amide bonds. The first-order valence-electron chi connectivity index (χ1n) is 8.58. The molecule has 2 atom stereocenters. The van der Waals surface area contributed by atoms with E-state index >= 15 is 0 Å². The fourth-order valence-electron chi connectivity index (χ4n) is 3.37. The van der Waals surface area contributed by atoms with Gasteiger partial charge in [0.15, 0.2) is 11.6 Å². The summed E-state index contributed by atoms with van der Waals surface area (Å²) in [4.78, 5) is 23.1. The van der Waals surface area contributed by atoms with Gasteiger partial charge in [0.25, 0.3) is 11.6 Å². The molecule has 0 spiro atoms. The normalized spacial score (nSPS) is 18.8. The monoisotopic (exact) mass is 411 g/mol. The van der Waals surface area contributed by atoms with Crippen molar-refractivity contribution >= 4 is 24.0 Å². The van der Waals surface area contributed by atoms with Gasteiger partial charge in [-0.1, -0.05) is 12.1 Å². The van der Waals surface area contributed by atoms with Gasteiger partial charge in [-0.15, -0.1) is 12.4 Å². The zero-order chi connectivity index (χ0) is 19.6. The second-order valence-corrected chi connectivity index (χ2v) is 6.61. The quantitative estimate of drug-likeness (QED) is 0.596. The van der Waals surface area contributed by atoms with Crippen LogP contribution in [0, 0.1) is 28.7 Å². The number of benzene rings is 2. The number of nitro benzene ring substituents is 1. The van der Waals surface area contributed by atoms with Crippen molar-refractivity contribution in [2.45, 2.75) is 25.3 Å². The molecule has 6 nitrogen and oxygen atoms in total. The fraction of sp³-hybridized carbons (Fsp3) is 0.316. The Morgan fingerprint density at radius 1 is 1.21 bits per heavy atom. The van der Waals surface area contributed by atoms with E-state index in [9.17, 15) is 23.7 Å². The molecule has 2 aromatic rings. The number of hydrogen-bond acceptors (Lipinski definition) is 4. The molecular formula is C19H20ClF2N3O3. The molecule has 1 saturated heterocycles. The van der Waals surface area contributed by atoms with Gasteiger partial charge >= 0.3 is 0 Å². The predicted octanol–water partition coefficient (Wildman–Crippen LogP) is 3.48.